The number of rotatable bonds is 4. The van der Waals surface area contributed by atoms with Crippen LogP contribution < -0.4 is 5.32 Å². The van der Waals surface area contributed by atoms with Gasteiger partial charge in [-0.25, -0.2) is 9.97 Å². The van der Waals surface area contributed by atoms with Gasteiger partial charge >= 0.3 is 0 Å². The van der Waals surface area contributed by atoms with E-state index in [0.29, 0.717) is 0 Å². The molecule has 0 radical (unpaired) electrons. The molecule has 2 unspecified atom stereocenters. The maximum atomic E-state index is 4.18. The van der Waals surface area contributed by atoms with E-state index < -0.39 is 0 Å². The van der Waals surface area contributed by atoms with Gasteiger partial charge in [0.05, 0.1) is 0 Å². The Balaban J connectivity index is 1.88. The molecule has 1 fully saturated rings. The second-order valence-electron chi connectivity index (χ2n) is 3.80. The van der Waals surface area contributed by atoms with E-state index in [0.717, 1.165) is 29.2 Å². The third-order valence-electron chi connectivity index (χ3n) is 2.67. The van der Waals surface area contributed by atoms with E-state index in [2.05, 4.69) is 22.2 Å². The Morgan fingerprint density at radius 1 is 1.57 bits per heavy atom. The first-order valence-electron chi connectivity index (χ1n) is 4.89. The predicted molar refractivity (Wildman–Crippen MR) is 59.6 cm³/mol. The van der Waals surface area contributed by atoms with Gasteiger partial charge in [-0.2, -0.15) is 0 Å². The lowest BCUT2D eigenvalue weighted by atomic mass is 10.3. The molecule has 1 heterocycles. The van der Waals surface area contributed by atoms with Crippen LogP contribution >= 0.6 is 11.8 Å². The van der Waals surface area contributed by atoms with E-state index >= 15 is 0 Å². The summed E-state index contributed by atoms with van der Waals surface area (Å²) in [5.74, 6) is 2.69. The lowest BCUT2D eigenvalue weighted by Gasteiger charge is -2.04. The molecule has 0 aromatic carbocycles. The SMILES string of the molecule is CSc1cc(NCC2CC2C)ncn1. The fourth-order valence-electron chi connectivity index (χ4n) is 1.47. The summed E-state index contributed by atoms with van der Waals surface area (Å²) in [5, 5.41) is 4.37. The molecular weight excluding hydrogens is 194 g/mol. The summed E-state index contributed by atoms with van der Waals surface area (Å²) in [4.78, 5) is 8.30. The number of aromatic nitrogens is 2. The molecular formula is C10H15N3S. The molecule has 4 heteroatoms. The highest BCUT2D eigenvalue weighted by atomic mass is 32.2. The number of nitrogens with zero attached hydrogens (tertiary/aromatic N) is 2. The number of hydrogen-bond acceptors (Lipinski definition) is 4. The summed E-state index contributed by atoms with van der Waals surface area (Å²) in [6.07, 6.45) is 4.99. The summed E-state index contributed by atoms with van der Waals surface area (Å²) in [6, 6.07) is 2.00. The molecule has 3 nitrogen and oxygen atoms in total. The Kier molecular flexibility index (Phi) is 2.91. The molecule has 0 amide bonds. The van der Waals surface area contributed by atoms with E-state index in [-0.39, 0.29) is 0 Å². The van der Waals surface area contributed by atoms with E-state index in [4.69, 9.17) is 0 Å². The Bertz CT molecular complexity index is 316. The zero-order valence-corrected chi connectivity index (χ0v) is 9.34. The van der Waals surface area contributed by atoms with Gasteiger partial charge in [-0.1, -0.05) is 6.92 Å². The van der Waals surface area contributed by atoms with Crippen LogP contribution in [0.3, 0.4) is 0 Å². The number of nitrogens with one attached hydrogen (secondary N) is 1. The van der Waals surface area contributed by atoms with Gasteiger partial charge in [-0.15, -0.1) is 11.8 Å². The van der Waals surface area contributed by atoms with E-state index in [1.807, 2.05) is 12.3 Å². The molecule has 14 heavy (non-hydrogen) atoms. The standard InChI is InChI=1S/C10H15N3S/c1-7-3-8(7)5-11-9-4-10(14-2)13-6-12-9/h4,6-8H,3,5H2,1-2H3,(H,11,12,13). The van der Waals surface area contributed by atoms with Crippen LogP contribution in [0.25, 0.3) is 0 Å². The molecule has 1 aromatic rings. The van der Waals surface area contributed by atoms with Gasteiger partial charge in [-0.05, 0) is 24.5 Å². The second kappa shape index (κ2) is 4.17. The lowest BCUT2D eigenvalue weighted by molar-refractivity contribution is 0.783. The monoisotopic (exact) mass is 209 g/mol. The van der Waals surface area contributed by atoms with Crippen molar-refractivity contribution in [3.05, 3.63) is 12.4 Å². The molecule has 1 N–H and O–H groups in total. The Labute approximate surface area is 88.7 Å². The summed E-state index contributed by atoms with van der Waals surface area (Å²) in [7, 11) is 0. The highest BCUT2D eigenvalue weighted by Crippen LogP contribution is 2.37. The van der Waals surface area contributed by atoms with E-state index in [9.17, 15) is 0 Å². The van der Waals surface area contributed by atoms with Crippen molar-refractivity contribution in [2.75, 3.05) is 18.1 Å². The average molecular weight is 209 g/mol. The van der Waals surface area contributed by atoms with Gasteiger partial charge in [-0.3, -0.25) is 0 Å². The zero-order chi connectivity index (χ0) is 9.97. The van der Waals surface area contributed by atoms with Gasteiger partial charge in [0.1, 0.15) is 17.2 Å². The minimum atomic E-state index is 0.850. The van der Waals surface area contributed by atoms with E-state index in [1.165, 1.54) is 6.42 Å². The summed E-state index contributed by atoms with van der Waals surface area (Å²) in [5.41, 5.74) is 0. The average Bonchev–Trinajstić information content (AvgIpc) is 2.92. The summed E-state index contributed by atoms with van der Waals surface area (Å²) >= 11 is 1.64. The Morgan fingerprint density at radius 3 is 3.00 bits per heavy atom. The Morgan fingerprint density at radius 2 is 2.36 bits per heavy atom. The van der Waals surface area contributed by atoms with Crippen LogP contribution in [0.2, 0.25) is 0 Å². The van der Waals surface area contributed by atoms with Crippen LogP contribution in [0.4, 0.5) is 5.82 Å². The summed E-state index contributed by atoms with van der Waals surface area (Å²) < 4.78 is 0. The van der Waals surface area contributed by atoms with Crippen LogP contribution in [0.1, 0.15) is 13.3 Å². The third-order valence-corrected chi connectivity index (χ3v) is 3.31. The minimum Gasteiger partial charge on any atom is -0.370 e. The van der Waals surface area contributed by atoms with Gasteiger partial charge in [0.15, 0.2) is 0 Å². The van der Waals surface area contributed by atoms with Crippen LogP contribution in [-0.4, -0.2) is 22.8 Å². The lowest BCUT2D eigenvalue weighted by Crippen LogP contribution is -2.06. The normalized spacial score (nSPS) is 24.7. The number of thioether (sulfide) groups is 1. The van der Waals surface area contributed by atoms with Crippen molar-refractivity contribution in [1.29, 1.82) is 0 Å². The van der Waals surface area contributed by atoms with Crippen LogP contribution in [-0.2, 0) is 0 Å². The van der Waals surface area contributed by atoms with E-state index in [1.54, 1.807) is 18.1 Å². The molecule has 2 rings (SSSR count). The molecule has 1 aliphatic rings. The van der Waals surface area contributed by atoms with Gasteiger partial charge in [0.2, 0.25) is 0 Å². The van der Waals surface area contributed by atoms with Crippen LogP contribution in [0, 0.1) is 11.8 Å². The molecule has 1 aliphatic carbocycles. The molecule has 0 spiro atoms. The van der Waals surface area contributed by atoms with Crippen molar-refractivity contribution in [2.45, 2.75) is 18.4 Å². The predicted octanol–water partition coefficient (Wildman–Crippen LogP) is 2.27. The molecule has 0 aliphatic heterocycles. The highest BCUT2D eigenvalue weighted by Gasteiger charge is 2.31. The first kappa shape index (κ1) is 9.77. The molecule has 1 aromatic heterocycles. The Hall–Kier alpha value is -0.770. The second-order valence-corrected chi connectivity index (χ2v) is 4.63. The van der Waals surface area contributed by atoms with Crippen molar-refractivity contribution in [3.8, 4) is 0 Å². The maximum Gasteiger partial charge on any atom is 0.130 e. The number of anilines is 1. The van der Waals surface area contributed by atoms with Gasteiger partial charge < -0.3 is 5.32 Å². The number of hydrogen-bond donors (Lipinski definition) is 1. The van der Waals surface area contributed by atoms with Crippen molar-refractivity contribution in [2.24, 2.45) is 11.8 Å². The fourth-order valence-corrected chi connectivity index (χ4v) is 1.85. The van der Waals surface area contributed by atoms with Crippen molar-refractivity contribution in [1.82, 2.24) is 9.97 Å². The van der Waals surface area contributed by atoms with Crippen LogP contribution in [0.5, 0.6) is 0 Å². The quantitative estimate of drug-likeness (QED) is 0.610. The third kappa shape index (κ3) is 2.38. The smallest absolute Gasteiger partial charge is 0.130 e. The van der Waals surface area contributed by atoms with Crippen molar-refractivity contribution < 1.29 is 0 Å². The topological polar surface area (TPSA) is 37.8 Å². The van der Waals surface area contributed by atoms with Gasteiger partial charge in [0.25, 0.3) is 0 Å². The zero-order valence-electron chi connectivity index (χ0n) is 8.53. The molecule has 2 atom stereocenters. The fraction of sp³-hybridized carbons (Fsp3) is 0.600. The largest absolute Gasteiger partial charge is 0.370 e. The molecule has 1 saturated carbocycles. The van der Waals surface area contributed by atoms with Crippen molar-refractivity contribution >= 4 is 17.6 Å². The molecule has 0 saturated heterocycles. The van der Waals surface area contributed by atoms with Crippen molar-refractivity contribution in [3.63, 3.8) is 0 Å². The highest BCUT2D eigenvalue weighted by molar-refractivity contribution is 7.98. The minimum absolute atomic E-state index is 0.850. The van der Waals surface area contributed by atoms with Crippen LogP contribution in [0.15, 0.2) is 17.4 Å². The first-order valence-corrected chi connectivity index (χ1v) is 6.12. The molecule has 0 bridgehead atoms. The maximum absolute atomic E-state index is 4.18. The first-order chi connectivity index (χ1) is 6.79. The summed E-state index contributed by atoms with van der Waals surface area (Å²) in [6.45, 7) is 3.34. The molecule has 76 valence electrons. The van der Waals surface area contributed by atoms with Gasteiger partial charge in [0, 0.05) is 12.6 Å².